The smallest absolute Gasteiger partial charge is 0.287 e. The second-order valence-corrected chi connectivity index (χ2v) is 7.19. The first-order chi connectivity index (χ1) is 12.6. The molecular weight excluding hydrogens is 418 g/mol. The van der Waals surface area contributed by atoms with Gasteiger partial charge in [-0.3, -0.25) is 9.59 Å². The third kappa shape index (κ3) is 5.03. The molecule has 0 aliphatic carbocycles. The van der Waals surface area contributed by atoms with E-state index in [-0.39, 0.29) is 24.0 Å². The van der Waals surface area contributed by atoms with Gasteiger partial charge in [0.05, 0.1) is 18.4 Å². The third-order valence-corrected chi connectivity index (χ3v) is 4.88. The second kappa shape index (κ2) is 8.77. The number of thiazole rings is 1. The van der Waals surface area contributed by atoms with E-state index in [1.807, 2.05) is 29.6 Å². The maximum Gasteiger partial charge on any atom is 0.287 e. The van der Waals surface area contributed by atoms with Crippen LogP contribution in [-0.2, 0) is 11.2 Å². The van der Waals surface area contributed by atoms with Crippen LogP contribution in [0.1, 0.15) is 16.2 Å². The Labute approximate surface area is 162 Å². The molecule has 6 nitrogen and oxygen atoms in total. The summed E-state index contributed by atoms with van der Waals surface area (Å²) in [6.45, 7) is 0.666. The second-order valence-electron chi connectivity index (χ2n) is 5.41. The molecule has 0 spiro atoms. The number of nitrogens with one attached hydrogen (secondary N) is 2. The Hall–Kier alpha value is -2.45. The van der Waals surface area contributed by atoms with Crippen molar-refractivity contribution >= 4 is 39.1 Å². The summed E-state index contributed by atoms with van der Waals surface area (Å²) in [7, 11) is 0. The van der Waals surface area contributed by atoms with Crippen molar-refractivity contribution in [1.29, 1.82) is 0 Å². The predicted molar refractivity (Wildman–Crippen MR) is 103 cm³/mol. The fourth-order valence-corrected chi connectivity index (χ4v) is 3.46. The zero-order valence-electron chi connectivity index (χ0n) is 13.7. The molecule has 0 aliphatic rings. The Morgan fingerprint density at radius 2 is 2.00 bits per heavy atom. The number of aromatic nitrogens is 1. The summed E-state index contributed by atoms with van der Waals surface area (Å²) in [4.78, 5) is 28.2. The van der Waals surface area contributed by atoms with Crippen LogP contribution in [0.3, 0.4) is 0 Å². The van der Waals surface area contributed by atoms with Crippen LogP contribution in [0.15, 0.2) is 56.9 Å². The zero-order chi connectivity index (χ0) is 18.4. The first-order valence-electron chi connectivity index (χ1n) is 7.90. The summed E-state index contributed by atoms with van der Waals surface area (Å²) in [6, 6.07) is 11.1. The van der Waals surface area contributed by atoms with Gasteiger partial charge in [0.15, 0.2) is 5.76 Å². The number of halogens is 1. The van der Waals surface area contributed by atoms with Crippen molar-refractivity contribution in [3.8, 4) is 10.6 Å². The van der Waals surface area contributed by atoms with E-state index in [4.69, 9.17) is 4.42 Å². The van der Waals surface area contributed by atoms with Gasteiger partial charge >= 0.3 is 0 Å². The van der Waals surface area contributed by atoms with Gasteiger partial charge in [-0.2, -0.15) is 0 Å². The van der Waals surface area contributed by atoms with Crippen LogP contribution in [0.25, 0.3) is 10.6 Å². The van der Waals surface area contributed by atoms with Crippen molar-refractivity contribution < 1.29 is 14.0 Å². The number of hydrogen-bond donors (Lipinski definition) is 2. The van der Waals surface area contributed by atoms with Crippen LogP contribution in [-0.4, -0.2) is 29.9 Å². The van der Waals surface area contributed by atoms with Crippen LogP contribution in [0.5, 0.6) is 0 Å². The summed E-state index contributed by atoms with van der Waals surface area (Å²) < 4.78 is 5.98. The molecule has 0 atom stereocenters. The van der Waals surface area contributed by atoms with Crippen LogP contribution in [0.4, 0.5) is 0 Å². The Morgan fingerprint density at radius 3 is 2.77 bits per heavy atom. The summed E-state index contributed by atoms with van der Waals surface area (Å²) in [5.41, 5.74) is 1.73. The predicted octanol–water partition coefficient (Wildman–Crippen LogP) is 3.25. The topological polar surface area (TPSA) is 84.2 Å². The van der Waals surface area contributed by atoms with Crippen molar-refractivity contribution in [3.63, 3.8) is 0 Å². The van der Waals surface area contributed by atoms with E-state index in [2.05, 4.69) is 31.5 Å². The fraction of sp³-hybridized carbons (Fsp3) is 0.167. The average Bonchev–Trinajstić information content (AvgIpc) is 3.30. The van der Waals surface area contributed by atoms with Gasteiger partial charge in [0.2, 0.25) is 5.91 Å². The van der Waals surface area contributed by atoms with E-state index in [0.717, 1.165) is 20.7 Å². The van der Waals surface area contributed by atoms with Crippen LogP contribution < -0.4 is 10.6 Å². The number of amides is 2. The minimum Gasteiger partial charge on any atom is -0.459 e. The molecule has 8 heteroatoms. The molecule has 26 heavy (non-hydrogen) atoms. The number of rotatable bonds is 7. The molecular formula is C18H16BrN3O3S. The first kappa shape index (κ1) is 18.3. The summed E-state index contributed by atoms with van der Waals surface area (Å²) >= 11 is 4.95. The molecule has 134 valence electrons. The summed E-state index contributed by atoms with van der Waals surface area (Å²) in [6.07, 6.45) is 1.64. The highest BCUT2D eigenvalue weighted by molar-refractivity contribution is 9.10. The van der Waals surface area contributed by atoms with Gasteiger partial charge in [-0.25, -0.2) is 4.98 Å². The molecule has 2 amide bonds. The minimum absolute atomic E-state index is 0.136. The van der Waals surface area contributed by atoms with Crippen LogP contribution in [0, 0.1) is 0 Å². The fourth-order valence-electron chi connectivity index (χ4n) is 2.24. The minimum atomic E-state index is -0.303. The van der Waals surface area contributed by atoms with Crippen molar-refractivity contribution in [2.24, 2.45) is 0 Å². The average molecular weight is 434 g/mol. The molecule has 2 heterocycles. The molecule has 0 saturated carbocycles. The van der Waals surface area contributed by atoms with Crippen LogP contribution in [0.2, 0.25) is 0 Å². The highest BCUT2D eigenvalue weighted by Crippen LogP contribution is 2.26. The quantitative estimate of drug-likeness (QED) is 0.560. The molecule has 1 aromatic carbocycles. The Morgan fingerprint density at radius 1 is 1.15 bits per heavy atom. The van der Waals surface area contributed by atoms with Crippen molar-refractivity contribution in [2.75, 3.05) is 13.1 Å². The largest absolute Gasteiger partial charge is 0.459 e. The maximum atomic E-state index is 12.0. The number of carbonyl (C=O) groups excluding carboxylic acids is 2. The lowest BCUT2D eigenvalue weighted by molar-refractivity contribution is -0.120. The highest BCUT2D eigenvalue weighted by Gasteiger charge is 2.10. The van der Waals surface area contributed by atoms with Crippen LogP contribution >= 0.6 is 27.3 Å². The maximum absolute atomic E-state index is 12.0. The molecule has 0 radical (unpaired) electrons. The standard InChI is InChI=1S/C18H16BrN3O3S/c19-13-4-1-3-12(9-13)18-22-14(11-26-18)10-16(23)20-6-7-21-17(24)15-5-2-8-25-15/h1-5,8-9,11H,6-7,10H2,(H,20,23)(H,21,24). The molecule has 2 N–H and O–H groups in total. The number of hydrogen-bond acceptors (Lipinski definition) is 5. The van der Waals surface area contributed by atoms with Gasteiger partial charge in [0.1, 0.15) is 5.01 Å². The molecule has 0 fully saturated rings. The molecule has 0 unspecified atom stereocenters. The molecule has 3 rings (SSSR count). The van der Waals surface area contributed by atoms with Gasteiger partial charge < -0.3 is 15.1 Å². The summed E-state index contributed by atoms with van der Waals surface area (Å²) in [5, 5.41) is 8.19. The van der Waals surface area contributed by atoms with E-state index < -0.39 is 0 Å². The number of nitrogens with zero attached hydrogens (tertiary/aromatic N) is 1. The van der Waals surface area contributed by atoms with E-state index in [1.54, 1.807) is 12.1 Å². The Balaban J connectivity index is 1.43. The van der Waals surface area contributed by atoms with E-state index in [0.29, 0.717) is 13.1 Å². The molecule has 3 aromatic rings. The zero-order valence-corrected chi connectivity index (χ0v) is 16.1. The molecule has 2 aromatic heterocycles. The van der Waals surface area contributed by atoms with Gasteiger partial charge in [0.25, 0.3) is 5.91 Å². The molecule has 0 bridgehead atoms. The van der Waals surface area contributed by atoms with Crippen molar-refractivity contribution in [1.82, 2.24) is 15.6 Å². The van der Waals surface area contributed by atoms with Gasteiger partial charge in [-0.1, -0.05) is 28.1 Å². The van der Waals surface area contributed by atoms with Gasteiger partial charge in [-0.05, 0) is 24.3 Å². The first-order valence-corrected chi connectivity index (χ1v) is 9.58. The highest BCUT2D eigenvalue weighted by atomic mass is 79.9. The van der Waals surface area contributed by atoms with Crippen molar-refractivity contribution in [3.05, 3.63) is 64.0 Å². The SMILES string of the molecule is O=C(Cc1csc(-c2cccc(Br)c2)n1)NCCNC(=O)c1ccco1. The lowest BCUT2D eigenvalue weighted by atomic mass is 10.2. The number of carbonyl (C=O) groups is 2. The monoisotopic (exact) mass is 433 g/mol. The van der Waals surface area contributed by atoms with E-state index in [1.165, 1.54) is 17.6 Å². The van der Waals surface area contributed by atoms with Gasteiger partial charge in [0, 0.05) is 28.5 Å². The lowest BCUT2D eigenvalue weighted by Gasteiger charge is -2.05. The van der Waals surface area contributed by atoms with E-state index >= 15 is 0 Å². The molecule has 0 saturated heterocycles. The number of benzene rings is 1. The number of furan rings is 1. The Bertz CT molecular complexity index is 893. The third-order valence-electron chi connectivity index (χ3n) is 3.44. The lowest BCUT2D eigenvalue weighted by Crippen LogP contribution is -2.35. The molecule has 0 aliphatic heterocycles. The summed E-state index contributed by atoms with van der Waals surface area (Å²) in [5.74, 6) is -0.190. The van der Waals surface area contributed by atoms with Crippen molar-refractivity contribution in [2.45, 2.75) is 6.42 Å². The normalized spacial score (nSPS) is 10.5. The Kier molecular flexibility index (Phi) is 6.19. The van der Waals surface area contributed by atoms with E-state index in [9.17, 15) is 9.59 Å². The van der Waals surface area contributed by atoms with Gasteiger partial charge in [-0.15, -0.1) is 11.3 Å².